The Hall–Kier alpha value is -2.57. The van der Waals surface area contributed by atoms with E-state index in [-0.39, 0.29) is 5.91 Å². The second-order valence-electron chi connectivity index (χ2n) is 6.24. The minimum absolute atomic E-state index is 0.0369. The van der Waals surface area contributed by atoms with Crippen molar-refractivity contribution in [1.82, 2.24) is 24.8 Å². The molecule has 0 saturated heterocycles. The van der Waals surface area contributed by atoms with Crippen LogP contribution in [0.25, 0.3) is 0 Å². The maximum absolute atomic E-state index is 12.9. The van der Waals surface area contributed by atoms with Crippen LogP contribution >= 0.6 is 0 Å². The van der Waals surface area contributed by atoms with Crippen molar-refractivity contribution in [3.8, 4) is 0 Å². The first-order valence-electron chi connectivity index (χ1n) is 8.06. The third-order valence-corrected chi connectivity index (χ3v) is 4.51. The molecule has 0 unspecified atom stereocenters. The fourth-order valence-electron chi connectivity index (χ4n) is 3.00. The van der Waals surface area contributed by atoms with E-state index in [4.69, 9.17) is 0 Å². The van der Waals surface area contributed by atoms with Crippen molar-refractivity contribution in [2.24, 2.45) is 0 Å². The van der Waals surface area contributed by atoms with Gasteiger partial charge in [0.2, 0.25) is 0 Å². The van der Waals surface area contributed by atoms with E-state index >= 15 is 0 Å². The Kier molecular flexibility index (Phi) is 4.42. The topological polar surface area (TPSA) is 75.1 Å². The molecular formula is C17H22N6O. The molecule has 3 rings (SSSR count). The van der Waals surface area contributed by atoms with Crippen LogP contribution in [0.15, 0.2) is 12.7 Å². The average molecular weight is 326 g/mol. The summed E-state index contributed by atoms with van der Waals surface area (Å²) in [6.07, 6.45) is 4.54. The highest BCUT2D eigenvalue weighted by molar-refractivity contribution is 5.93. The molecule has 1 aliphatic heterocycles. The highest BCUT2D eigenvalue weighted by atomic mass is 16.2. The number of hydrogen-bond acceptors (Lipinski definition) is 6. The lowest BCUT2D eigenvalue weighted by Gasteiger charge is -2.21. The molecule has 0 fully saturated rings. The number of carbonyl (C=O) groups excluding carboxylic acids is 1. The maximum Gasteiger partial charge on any atom is 0.272 e. The van der Waals surface area contributed by atoms with Gasteiger partial charge in [0.05, 0.1) is 5.69 Å². The molecule has 1 aliphatic rings. The molecule has 1 amide bonds. The van der Waals surface area contributed by atoms with Crippen molar-refractivity contribution in [3.63, 3.8) is 0 Å². The smallest absolute Gasteiger partial charge is 0.272 e. The quantitative estimate of drug-likeness (QED) is 0.825. The van der Waals surface area contributed by atoms with E-state index in [1.807, 2.05) is 37.7 Å². The van der Waals surface area contributed by atoms with Crippen molar-refractivity contribution in [2.75, 3.05) is 32.1 Å². The van der Waals surface area contributed by atoms with Gasteiger partial charge >= 0.3 is 0 Å². The van der Waals surface area contributed by atoms with E-state index in [2.05, 4.69) is 19.9 Å². The van der Waals surface area contributed by atoms with E-state index in [1.165, 1.54) is 6.33 Å². The first-order valence-corrected chi connectivity index (χ1v) is 8.06. The third kappa shape index (κ3) is 2.93. The molecule has 126 valence electrons. The van der Waals surface area contributed by atoms with Gasteiger partial charge < -0.3 is 9.80 Å². The molecule has 7 nitrogen and oxygen atoms in total. The summed E-state index contributed by atoms with van der Waals surface area (Å²) in [5, 5.41) is 0. The lowest BCUT2D eigenvalue weighted by molar-refractivity contribution is 0.0756. The van der Waals surface area contributed by atoms with E-state index in [9.17, 15) is 4.79 Å². The Balaban J connectivity index is 1.86. The van der Waals surface area contributed by atoms with Gasteiger partial charge in [0, 0.05) is 50.4 Å². The van der Waals surface area contributed by atoms with Gasteiger partial charge in [0.15, 0.2) is 0 Å². The number of aromatic nitrogens is 4. The third-order valence-electron chi connectivity index (χ3n) is 4.51. The van der Waals surface area contributed by atoms with Crippen molar-refractivity contribution >= 4 is 11.7 Å². The van der Waals surface area contributed by atoms with Gasteiger partial charge in [0.1, 0.15) is 24.2 Å². The molecule has 2 aromatic rings. The van der Waals surface area contributed by atoms with Crippen LogP contribution in [0.4, 0.5) is 5.82 Å². The number of anilines is 1. The molecule has 24 heavy (non-hydrogen) atoms. The van der Waals surface area contributed by atoms with Crippen LogP contribution < -0.4 is 4.90 Å². The van der Waals surface area contributed by atoms with E-state index in [1.54, 1.807) is 6.33 Å². The second-order valence-corrected chi connectivity index (χ2v) is 6.24. The average Bonchev–Trinajstić information content (AvgIpc) is 2.79. The zero-order valence-corrected chi connectivity index (χ0v) is 14.6. The van der Waals surface area contributed by atoms with Crippen molar-refractivity contribution < 1.29 is 4.79 Å². The molecule has 0 N–H and O–H groups in total. The van der Waals surface area contributed by atoms with Crippen LogP contribution in [-0.2, 0) is 12.8 Å². The molecule has 7 heteroatoms. The Bertz CT molecular complexity index is 774. The number of hydrogen-bond donors (Lipinski definition) is 0. The van der Waals surface area contributed by atoms with E-state index in [0.29, 0.717) is 18.8 Å². The van der Waals surface area contributed by atoms with Crippen molar-refractivity contribution in [3.05, 3.63) is 40.9 Å². The molecule has 3 heterocycles. The summed E-state index contributed by atoms with van der Waals surface area (Å²) in [7, 11) is 3.95. The molecule has 0 aromatic carbocycles. The van der Waals surface area contributed by atoms with Gasteiger partial charge in [-0.3, -0.25) is 4.79 Å². The number of carbonyl (C=O) groups is 1. The molecule has 0 aliphatic carbocycles. The van der Waals surface area contributed by atoms with Gasteiger partial charge in [-0.2, -0.15) is 0 Å². The summed E-state index contributed by atoms with van der Waals surface area (Å²) in [5.41, 5.74) is 4.34. The zero-order valence-electron chi connectivity index (χ0n) is 14.6. The SMILES string of the molecule is Cc1ncnc(C(=O)N2CCc3ncnc(N(C)C)c3CC2)c1C. The molecule has 0 radical (unpaired) electrons. The largest absolute Gasteiger partial charge is 0.362 e. The number of amides is 1. The van der Waals surface area contributed by atoms with Crippen LogP contribution in [0, 0.1) is 13.8 Å². The molecule has 0 bridgehead atoms. The predicted molar refractivity (Wildman–Crippen MR) is 91.2 cm³/mol. The van der Waals surface area contributed by atoms with Crippen molar-refractivity contribution in [2.45, 2.75) is 26.7 Å². The van der Waals surface area contributed by atoms with Crippen LogP contribution in [0.5, 0.6) is 0 Å². The fourth-order valence-corrected chi connectivity index (χ4v) is 3.00. The van der Waals surface area contributed by atoms with Crippen molar-refractivity contribution in [1.29, 1.82) is 0 Å². The van der Waals surface area contributed by atoms with E-state index < -0.39 is 0 Å². The Morgan fingerprint density at radius 3 is 2.50 bits per heavy atom. The summed E-state index contributed by atoms with van der Waals surface area (Å²) >= 11 is 0. The Morgan fingerprint density at radius 2 is 1.75 bits per heavy atom. The number of rotatable bonds is 2. The van der Waals surface area contributed by atoms with Crippen LogP contribution in [0.2, 0.25) is 0 Å². The number of nitrogens with zero attached hydrogens (tertiary/aromatic N) is 6. The van der Waals surface area contributed by atoms with Gasteiger partial charge in [0.25, 0.3) is 5.91 Å². The predicted octanol–water partition coefficient (Wildman–Crippen LogP) is 1.19. The normalized spacial score (nSPS) is 14.1. The lowest BCUT2D eigenvalue weighted by atomic mass is 10.1. The summed E-state index contributed by atoms with van der Waals surface area (Å²) in [6.45, 7) is 5.07. The number of fused-ring (bicyclic) bond motifs is 1. The van der Waals surface area contributed by atoms with Gasteiger partial charge in [-0.05, 0) is 20.3 Å². The zero-order chi connectivity index (χ0) is 17.3. The molecule has 0 atom stereocenters. The fraction of sp³-hybridized carbons (Fsp3) is 0.471. The van der Waals surface area contributed by atoms with Crippen LogP contribution in [0.1, 0.15) is 33.0 Å². The molecular weight excluding hydrogens is 304 g/mol. The summed E-state index contributed by atoms with van der Waals surface area (Å²) < 4.78 is 0. The van der Waals surface area contributed by atoms with Gasteiger partial charge in [-0.25, -0.2) is 19.9 Å². The monoisotopic (exact) mass is 326 g/mol. The standard InChI is InChI=1S/C17H22N6O/c1-11-12(2)18-9-20-15(11)17(24)23-7-5-13-14(6-8-23)19-10-21-16(13)22(3)4/h9-10H,5-8H2,1-4H3. The maximum atomic E-state index is 12.9. The summed E-state index contributed by atoms with van der Waals surface area (Å²) in [5.74, 6) is 0.897. The highest BCUT2D eigenvalue weighted by Gasteiger charge is 2.25. The van der Waals surface area contributed by atoms with E-state index in [0.717, 1.165) is 41.2 Å². The summed E-state index contributed by atoms with van der Waals surface area (Å²) in [6, 6.07) is 0. The Labute approximate surface area is 141 Å². The minimum Gasteiger partial charge on any atom is -0.362 e. The lowest BCUT2D eigenvalue weighted by Crippen LogP contribution is -2.34. The summed E-state index contributed by atoms with van der Waals surface area (Å²) in [4.78, 5) is 33.9. The Morgan fingerprint density at radius 1 is 1.04 bits per heavy atom. The first-order chi connectivity index (χ1) is 11.5. The molecule has 0 saturated carbocycles. The highest BCUT2D eigenvalue weighted by Crippen LogP contribution is 2.23. The first kappa shape index (κ1) is 16.3. The van der Waals surface area contributed by atoms with Gasteiger partial charge in [-0.1, -0.05) is 0 Å². The molecule has 2 aromatic heterocycles. The van der Waals surface area contributed by atoms with Gasteiger partial charge in [-0.15, -0.1) is 0 Å². The van der Waals surface area contributed by atoms with Crippen LogP contribution in [0.3, 0.4) is 0 Å². The number of aryl methyl sites for hydroxylation is 1. The minimum atomic E-state index is -0.0369. The second kappa shape index (κ2) is 6.51. The molecule has 0 spiro atoms. The van der Waals surface area contributed by atoms with Crippen LogP contribution in [-0.4, -0.2) is 57.9 Å².